The third kappa shape index (κ3) is 4.39. The first-order valence-electron chi connectivity index (χ1n) is 6.88. The summed E-state index contributed by atoms with van der Waals surface area (Å²) in [5.41, 5.74) is 1.07. The van der Waals surface area contributed by atoms with E-state index in [1.807, 2.05) is 6.07 Å². The highest BCUT2D eigenvalue weighted by Gasteiger charge is 2.16. The van der Waals surface area contributed by atoms with Crippen molar-refractivity contribution >= 4 is 0 Å². The molecule has 2 rings (SSSR count). The van der Waals surface area contributed by atoms with Gasteiger partial charge < -0.3 is 10.2 Å². The molecule has 18 heavy (non-hydrogen) atoms. The first kappa shape index (κ1) is 13.5. The Morgan fingerprint density at radius 3 is 3.11 bits per heavy atom. The van der Waals surface area contributed by atoms with E-state index in [1.165, 1.54) is 32.0 Å². The predicted octanol–water partition coefficient (Wildman–Crippen LogP) is 2.30. The maximum atomic E-state index is 13.0. The minimum Gasteiger partial charge on any atom is -0.316 e. The van der Waals surface area contributed by atoms with E-state index >= 15 is 0 Å². The van der Waals surface area contributed by atoms with Gasteiger partial charge in [-0.2, -0.15) is 0 Å². The third-order valence-electron chi connectivity index (χ3n) is 3.63. The SMILES string of the molecule is CN1CCCC(CNCCc2cccc(F)c2)C1. The monoisotopic (exact) mass is 250 g/mol. The summed E-state index contributed by atoms with van der Waals surface area (Å²) in [6.45, 7) is 4.45. The van der Waals surface area contributed by atoms with Gasteiger partial charge in [-0.25, -0.2) is 4.39 Å². The topological polar surface area (TPSA) is 15.3 Å². The molecule has 1 atom stereocenters. The fourth-order valence-corrected chi connectivity index (χ4v) is 2.67. The predicted molar refractivity (Wildman–Crippen MR) is 73.2 cm³/mol. The summed E-state index contributed by atoms with van der Waals surface area (Å²) in [5, 5.41) is 3.49. The Hall–Kier alpha value is -0.930. The van der Waals surface area contributed by atoms with Gasteiger partial charge in [0, 0.05) is 6.54 Å². The van der Waals surface area contributed by atoms with Crippen LogP contribution in [0.3, 0.4) is 0 Å². The highest BCUT2D eigenvalue weighted by molar-refractivity contribution is 5.16. The quantitative estimate of drug-likeness (QED) is 0.807. The van der Waals surface area contributed by atoms with E-state index < -0.39 is 0 Å². The van der Waals surface area contributed by atoms with Gasteiger partial charge in [-0.15, -0.1) is 0 Å². The van der Waals surface area contributed by atoms with Gasteiger partial charge in [0.25, 0.3) is 0 Å². The lowest BCUT2D eigenvalue weighted by molar-refractivity contribution is 0.206. The molecule has 0 saturated carbocycles. The molecule has 0 bridgehead atoms. The van der Waals surface area contributed by atoms with Gasteiger partial charge in [0.15, 0.2) is 0 Å². The Labute approximate surface area is 109 Å². The molecule has 1 aromatic carbocycles. The van der Waals surface area contributed by atoms with Crippen molar-refractivity contribution in [1.29, 1.82) is 0 Å². The second-order valence-corrected chi connectivity index (χ2v) is 5.35. The molecule has 0 aliphatic carbocycles. The number of benzene rings is 1. The maximum Gasteiger partial charge on any atom is 0.123 e. The molecule has 1 saturated heterocycles. The average molecular weight is 250 g/mol. The highest BCUT2D eigenvalue weighted by atomic mass is 19.1. The molecule has 1 aliphatic rings. The average Bonchev–Trinajstić information content (AvgIpc) is 2.35. The first-order chi connectivity index (χ1) is 8.74. The van der Waals surface area contributed by atoms with Crippen LogP contribution < -0.4 is 5.32 Å². The molecular weight excluding hydrogens is 227 g/mol. The van der Waals surface area contributed by atoms with Crippen LogP contribution in [0.15, 0.2) is 24.3 Å². The normalized spacial score (nSPS) is 21.1. The fourth-order valence-electron chi connectivity index (χ4n) is 2.67. The second kappa shape index (κ2) is 6.86. The van der Waals surface area contributed by atoms with Crippen molar-refractivity contribution in [3.05, 3.63) is 35.6 Å². The minimum absolute atomic E-state index is 0.138. The van der Waals surface area contributed by atoms with Gasteiger partial charge in [-0.3, -0.25) is 0 Å². The van der Waals surface area contributed by atoms with E-state index in [-0.39, 0.29) is 5.82 Å². The molecule has 1 aromatic rings. The van der Waals surface area contributed by atoms with Gasteiger partial charge >= 0.3 is 0 Å². The molecule has 100 valence electrons. The summed E-state index contributed by atoms with van der Waals surface area (Å²) in [4.78, 5) is 2.41. The lowest BCUT2D eigenvalue weighted by Gasteiger charge is -2.29. The van der Waals surface area contributed by atoms with Crippen LogP contribution in [0.25, 0.3) is 0 Å². The van der Waals surface area contributed by atoms with Crippen LogP contribution in [-0.2, 0) is 6.42 Å². The smallest absolute Gasteiger partial charge is 0.123 e. The van der Waals surface area contributed by atoms with Crippen LogP contribution in [-0.4, -0.2) is 38.1 Å². The van der Waals surface area contributed by atoms with Crippen LogP contribution >= 0.6 is 0 Å². The van der Waals surface area contributed by atoms with Crippen molar-refractivity contribution in [3.8, 4) is 0 Å². The number of rotatable bonds is 5. The lowest BCUT2D eigenvalue weighted by Crippen LogP contribution is -2.37. The number of likely N-dealkylation sites (tertiary alicyclic amines) is 1. The molecule has 0 radical (unpaired) electrons. The van der Waals surface area contributed by atoms with E-state index in [2.05, 4.69) is 17.3 Å². The number of hydrogen-bond acceptors (Lipinski definition) is 2. The standard InChI is InChI=1S/C15H23FN2/c1-18-9-3-5-14(12-18)11-17-8-7-13-4-2-6-15(16)10-13/h2,4,6,10,14,17H,3,5,7-9,11-12H2,1H3. The first-order valence-corrected chi connectivity index (χ1v) is 6.88. The molecule has 2 nitrogen and oxygen atoms in total. The lowest BCUT2D eigenvalue weighted by atomic mass is 9.98. The highest BCUT2D eigenvalue weighted by Crippen LogP contribution is 2.13. The third-order valence-corrected chi connectivity index (χ3v) is 3.63. The molecule has 1 heterocycles. The molecule has 3 heteroatoms. The fraction of sp³-hybridized carbons (Fsp3) is 0.600. The van der Waals surface area contributed by atoms with Crippen molar-refractivity contribution in [2.45, 2.75) is 19.3 Å². The van der Waals surface area contributed by atoms with Crippen molar-refractivity contribution in [2.24, 2.45) is 5.92 Å². The van der Waals surface area contributed by atoms with Gasteiger partial charge in [0.05, 0.1) is 0 Å². The van der Waals surface area contributed by atoms with Gasteiger partial charge in [-0.1, -0.05) is 12.1 Å². The zero-order valence-electron chi connectivity index (χ0n) is 11.2. The number of nitrogens with zero attached hydrogens (tertiary/aromatic N) is 1. The Morgan fingerprint density at radius 1 is 1.44 bits per heavy atom. The Bertz CT molecular complexity index is 367. The van der Waals surface area contributed by atoms with Crippen molar-refractivity contribution in [2.75, 3.05) is 33.2 Å². The molecular formula is C15H23FN2. The van der Waals surface area contributed by atoms with Crippen LogP contribution in [0, 0.1) is 11.7 Å². The molecule has 0 amide bonds. The number of nitrogens with one attached hydrogen (secondary N) is 1. The largest absolute Gasteiger partial charge is 0.316 e. The molecule has 1 fully saturated rings. The maximum absolute atomic E-state index is 13.0. The number of hydrogen-bond donors (Lipinski definition) is 1. The number of halogens is 1. The van der Waals surface area contributed by atoms with E-state index in [0.29, 0.717) is 0 Å². The summed E-state index contributed by atoms with van der Waals surface area (Å²) in [5.74, 6) is 0.637. The summed E-state index contributed by atoms with van der Waals surface area (Å²) in [6, 6.07) is 6.88. The van der Waals surface area contributed by atoms with E-state index in [1.54, 1.807) is 12.1 Å². The Kier molecular flexibility index (Phi) is 5.14. The van der Waals surface area contributed by atoms with Crippen LogP contribution in [0.4, 0.5) is 4.39 Å². The van der Waals surface area contributed by atoms with Crippen LogP contribution in [0.5, 0.6) is 0 Å². The van der Waals surface area contributed by atoms with Crippen LogP contribution in [0.1, 0.15) is 18.4 Å². The molecule has 1 N–H and O–H groups in total. The zero-order chi connectivity index (χ0) is 12.8. The number of piperidine rings is 1. The zero-order valence-corrected chi connectivity index (χ0v) is 11.2. The molecule has 0 spiro atoms. The summed E-state index contributed by atoms with van der Waals surface area (Å²) < 4.78 is 13.0. The van der Waals surface area contributed by atoms with Crippen molar-refractivity contribution in [1.82, 2.24) is 10.2 Å². The molecule has 1 aliphatic heterocycles. The van der Waals surface area contributed by atoms with Crippen molar-refractivity contribution in [3.63, 3.8) is 0 Å². The molecule has 1 unspecified atom stereocenters. The van der Waals surface area contributed by atoms with E-state index in [4.69, 9.17) is 0 Å². The summed E-state index contributed by atoms with van der Waals surface area (Å²) in [7, 11) is 2.19. The minimum atomic E-state index is -0.138. The summed E-state index contributed by atoms with van der Waals surface area (Å²) in [6.07, 6.45) is 3.55. The van der Waals surface area contributed by atoms with Crippen molar-refractivity contribution < 1.29 is 4.39 Å². The van der Waals surface area contributed by atoms with Gasteiger partial charge in [0.1, 0.15) is 5.82 Å². The second-order valence-electron chi connectivity index (χ2n) is 5.35. The van der Waals surface area contributed by atoms with Gasteiger partial charge in [-0.05, 0) is 69.6 Å². The Balaban J connectivity index is 1.64. The van der Waals surface area contributed by atoms with E-state index in [9.17, 15) is 4.39 Å². The summed E-state index contributed by atoms with van der Waals surface area (Å²) >= 11 is 0. The van der Waals surface area contributed by atoms with Crippen LogP contribution in [0.2, 0.25) is 0 Å². The molecule has 0 aromatic heterocycles. The Morgan fingerprint density at radius 2 is 2.33 bits per heavy atom. The van der Waals surface area contributed by atoms with Gasteiger partial charge in [0.2, 0.25) is 0 Å². The van der Waals surface area contributed by atoms with E-state index in [0.717, 1.165) is 31.0 Å².